The van der Waals surface area contributed by atoms with Gasteiger partial charge in [-0.3, -0.25) is 4.79 Å². The van der Waals surface area contributed by atoms with Gasteiger partial charge >= 0.3 is 12.0 Å². The summed E-state index contributed by atoms with van der Waals surface area (Å²) >= 11 is 0. The van der Waals surface area contributed by atoms with E-state index in [0.29, 0.717) is 13.1 Å². The molecule has 1 fully saturated rings. The average molecular weight is 299 g/mol. The minimum absolute atomic E-state index is 0.0109. The molecule has 0 bridgehead atoms. The molecule has 4 N–H and O–H groups in total. The van der Waals surface area contributed by atoms with E-state index in [-0.39, 0.29) is 24.3 Å². The van der Waals surface area contributed by atoms with Gasteiger partial charge in [-0.2, -0.15) is 0 Å². The molecule has 0 aromatic rings. The molecule has 0 aromatic carbocycles. The summed E-state index contributed by atoms with van der Waals surface area (Å²) < 4.78 is 0. The van der Waals surface area contributed by atoms with Crippen LogP contribution in [-0.4, -0.2) is 47.0 Å². The Morgan fingerprint density at radius 2 is 1.95 bits per heavy atom. The molecule has 0 radical (unpaired) electrons. The number of urea groups is 1. The van der Waals surface area contributed by atoms with E-state index in [2.05, 4.69) is 19.2 Å². The van der Waals surface area contributed by atoms with Crippen molar-refractivity contribution in [3.05, 3.63) is 0 Å². The molecule has 120 valence electrons. The van der Waals surface area contributed by atoms with Crippen molar-refractivity contribution in [3.63, 3.8) is 0 Å². The summed E-state index contributed by atoms with van der Waals surface area (Å²) in [4.78, 5) is 35.7. The Kier molecular flexibility index (Phi) is 5.99. The predicted octanol–water partition coefficient (Wildman–Crippen LogP) is 0.927. The third-order valence-corrected chi connectivity index (χ3v) is 4.50. The molecule has 21 heavy (non-hydrogen) atoms. The zero-order valence-corrected chi connectivity index (χ0v) is 12.7. The lowest BCUT2D eigenvalue weighted by Crippen LogP contribution is -2.48. The molecule has 0 spiro atoms. The fourth-order valence-corrected chi connectivity index (χ4v) is 2.72. The number of carbonyl (C=O) groups is 3. The van der Waals surface area contributed by atoms with Crippen LogP contribution in [0.1, 0.15) is 46.0 Å². The Morgan fingerprint density at radius 3 is 2.38 bits per heavy atom. The van der Waals surface area contributed by atoms with Crippen LogP contribution in [0, 0.1) is 5.41 Å². The topological polar surface area (TPSA) is 113 Å². The van der Waals surface area contributed by atoms with Crippen molar-refractivity contribution in [2.45, 2.75) is 52.0 Å². The fraction of sp³-hybridized carbons (Fsp3) is 0.786. The van der Waals surface area contributed by atoms with Crippen LogP contribution < -0.4 is 11.1 Å². The van der Waals surface area contributed by atoms with Crippen LogP contribution in [0.15, 0.2) is 0 Å². The minimum Gasteiger partial charge on any atom is -0.480 e. The molecule has 0 unspecified atom stereocenters. The number of carboxylic acids is 1. The van der Waals surface area contributed by atoms with E-state index in [1.165, 1.54) is 0 Å². The summed E-state index contributed by atoms with van der Waals surface area (Å²) in [6.07, 6.45) is 2.88. The first-order valence-electron chi connectivity index (χ1n) is 7.40. The molecule has 1 atom stereocenters. The molecule has 1 rings (SSSR count). The van der Waals surface area contributed by atoms with Crippen LogP contribution in [0.4, 0.5) is 4.79 Å². The molecular weight excluding hydrogens is 274 g/mol. The first kappa shape index (κ1) is 17.3. The zero-order chi connectivity index (χ0) is 16.0. The van der Waals surface area contributed by atoms with E-state index in [0.717, 1.165) is 19.3 Å². The highest BCUT2D eigenvalue weighted by Crippen LogP contribution is 2.36. The lowest BCUT2D eigenvalue weighted by Gasteiger charge is -2.27. The number of aliphatic carboxylic acids is 1. The van der Waals surface area contributed by atoms with Gasteiger partial charge < -0.3 is 21.1 Å². The minimum atomic E-state index is -1.15. The summed E-state index contributed by atoms with van der Waals surface area (Å²) in [6, 6.07) is -1.46. The van der Waals surface area contributed by atoms with Gasteiger partial charge in [0.2, 0.25) is 5.91 Å². The van der Waals surface area contributed by atoms with Crippen molar-refractivity contribution >= 4 is 17.9 Å². The monoisotopic (exact) mass is 299 g/mol. The van der Waals surface area contributed by atoms with Crippen molar-refractivity contribution < 1.29 is 19.5 Å². The Balaban J connectivity index is 2.58. The molecule has 7 nitrogen and oxygen atoms in total. The number of nitrogens with zero attached hydrogens (tertiary/aromatic N) is 1. The molecule has 0 saturated carbocycles. The van der Waals surface area contributed by atoms with E-state index < -0.39 is 17.9 Å². The molecule has 7 heteroatoms. The van der Waals surface area contributed by atoms with Crippen molar-refractivity contribution in [2.75, 3.05) is 13.1 Å². The average Bonchev–Trinajstić information content (AvgIpc) is 2.88. The quantitative estimate of drug-likeness (QED) is 0.649. The summed E-state index contributed by atoms with van der Waals surface area (Å²) in [5.41, 5.74) is 5.15. The zero-order valence-electron chi connectivity index (χ0n) is 12.7. The Hall–Kier alpha value is -1.79. The maximum Gasteiger partial charge on any atom is 0.326 e. The number of nitrogens with two attached hydrogens (primary N) is 1. The number of primary amides is 1. The number of carboxylic acid groups (broad SMARTS) is 1. The second-order valence-corrected chi connectivity index (χ2v) is 5.72. The third kappa shape index (κ3) is 4.61. The van der Waals surface area contributed by atoms with Crippen molar-refractivity contribution in [2.24, 2.45) is 11.1 Å². The summed E-state index contributed by atoms with van der Waals surface area (Å²) in [7, 11) is 0. The standard InChI is InChI=1S/C14H25N3O4/c1-3-14(4-2)7-8-17(9-14)13(21)16-10(12(19)20)5-6-11(15)18/h10H,3-9H2,1-2H3,(H2,15,18)(H,16,21)(H,19,20)/t10-/m1/s1. The van der Waals surface area contributed by atoms with Crippen molar-refractivity contribution in [1.82, 2.24) is 10.2 Å². The Labute approximate surface area is 124 Å². The molecule has 1 aliphatic heterocycles. The highest BCUT2D eigenvalue weighted by Gasteiger charge is 2.37. The highest BCUT2D eigenvalue weighted by molar-refractivity contribution is 5.83. The smallest absolute Gasteiger partial charge is 0.326 e. The number of carbonyl (C=O) groups excluding carboxylic acids is 2. The van der Waals surface area contributed by atoms with E-state index in [1.807, 2.05) is 0 Å². The SMILES string of the molecule is CCC1(CC)CCN(C(=O)N[C@H](CCC(N)=O)C(=O)O)C1. The number of rotatable bonds is 7. The summed E-state index contributed by atoms with van der Waals surface area (Å²) in [5.74, 6) is -1.73. The van der Waals surface area contributed by atoms with E-state index in [1.54, 1.807) is 4.90 Å². The number of amides is 3. The van der Waals surface area contributed by atoms with Gasteiger partial charge in [0.05, 0.1) is 0 Å². The Morgan fingerprint density at radius 1 is 1.33 bits per heavy atom. The van der Waals surface area contributed by atoms with Crippen LogP contribution in [0.2, 0.25) is 0 Å². The number of likely N-dealkylation sites (tertiary alicyclic amines) is 1. The molecule has 1 heterocycles. The first-order chi connectivity index (χ1) is 9.83. The van der Waals surface area contributed by atoms with Crippen LogP contribution in [0.3, 0.4) is 0 Å². The normalized spacial score (nSPS) is 18.3. The van der Waals surface area contributed by atoms with Crippen LogP contribution in [-0.2, 0) is 9.59 Å². The van der Waals surface area contributed by atoms with Gasteiger partial charge in [-0.1, -0.05) is 13.8 Å². The van der Waals surface area contributed by atoms with Crippen molar-refractivity contribution in [3.8, 4) is 0 Å². The van der Waals surface area contributed by atoms with Crippen LogP contribution in [0.25, 0.3) is 0 Å². The summed E-state index contributed by atoms with van der Waals surface area (Å²) in [5, 5.41) is 11.6. The number of hydrogen-bond donors (Lipinski definition) is 3. The van der Waals surface area contributed by atoms with E-state index in [9.17, 15) is 14.4 Å². The van der Waals surface area contributed by atoms with Gasteiger partial charge in [-0.15, -0.1) is 0 Å². The van der Waals surface area contributed by atoms with Crippen molar-refractivity contribution in [1.29, 1.82) is 0 Å². The lowest BCUT2D eigenvalue weighted by molar-refractivity contribution is -0.139. The largest absolute Gasteiger partial charge is 0.480 e. The van der Waals surface area contributed by atoms with E-state index >= 15 is 0 Å². The third-order valence-electron chi connectivity index (χ3n) is 4.50. The first-order valence-corrected chi connectivity index (χ1v) is 7.40. The number of hydrogen-bond acceptors (Lipinski definition) is 3. The van der Waals surface area contributed by atoms with Gasteiger partial charge in [0, 0.05) is 19.5 Å². The molecular formula is C14H25N3O4. The molecule has 3 amide bonds. The summed E-state index contributed by atoms with van der Waals surface area (Å²) in [6.45, 7) is 5.50. The maximum atomic E-state index is 12.2. The van der Waals surface area contributed by atoms with Gasteiger partial charge in [-0.25, -0.2) is 9.59 Å². The van der Waals surface area contributed by atoms with Gasteiger partial charge in [0.15, 0.2) is 0 Å². The lowest BCUT2D eigenvalue weighted by atomic mass is 9.82. The second-order valence-electron chi connectivity index (χ2n) is 5.72. The second kappa shape index (κ2) is 7.28. The fourth-order valence-electron chi connectivity index (χ4n) is 2.72. The van der Waals surface area contributed by atoms with Gasteiger partial charge in [0.1, 0.15) is 6.04 Å². The van der Waals surface area contributed by atoms with Crippen LogP contribution >= 0.6 is 0 Å². The predicted molar refractivity (Wildman–Crippen MR) is 77.6 cm³/mol. The van der Waals surface area contributed by atoms with Gasteiger partial charge in [0.25, 0.3) is 0 Å². The van der Waals surface area contributed by atoms with E-state index in [4.69, 9.17) is 10.8 Å². The molecule has 0 aliphatic carbocycles. The Bertz CT molecular complexity index is 407. The molecule has 1 saturated heterocycles. The van der Waals surface area contributed by atoms with Crippen LogP contribution in [0.5, 0.6) is 0 Å². The number of nitrogens with one attached hydrogen (secondary N) is 1. The highest BCUT2D eigenvalue weighted by atomic mass is 16.4. The van der Waals surface area contributed by atoms with Gasteiger partial charge in [-0.05, 0) is 31.1 Å². The molecule has 1 aliphatic rings. The maximum absolute atomic E-state index is 12.2. The molecule has 0 aromatic heterocycles.